The second kappa shape index (κ2) is 8.45. The topological polar surface area (TPSA) is 85.3 Å². The number of hydrogen-bond acceptors (Lipinski definition) is 4. The molecule has 1 aromatic heterocycles. The van der Waals surface area contributed by atoms with Crippen molar-refractivity contribution in [2.24, 2.45) is 4.99 Å². The van der Waals surface area contributed by atoms with Gasteiger partial charge in [0.15, 0.2) is 5.84 Å². The zero-order valence-corrected chi connectivity index (χ0v) is 14.0. The van der Waals surface area contributed by atoms with Crippen LogP contribution in [-0.4, -0.2) is 33.4 Å². The van der Waals surface area contributed by atoms with Crippen LogP contribution in [0.25, 0.3) is 0 Å². The molecular formula is C16H18F3N5O2. The van der Waals surface area contributed by atoms with Crippen LogP contribution < -0.4 is 5.32 Å². The third kappa shape index (κ3) is 6.19. The summed E-state index contributed by atoms with van der Waals surface area (Å²) in [6, 6.07) is 4.25. The number of hydrogen-bond donors (Lipinski definition) is 1. The summed E-state index contributed by atoms with van der Waals surface area (Å²) >= 11 is 0. The number of aryl methyl sites for hydroxylation is 2. The second-order valence-corrected chi connectivity index (χ2v) is 5.63. The molecule has 1 N–H and O–H groups in total. The van der Waals surface area contributed by atoms with Gasteiger partial charge in [-0.25, -0.2) is 4.98 Å². The maximum absolute atomic E-state index is 12.6. The van der Waals surface area contributed by atoms with Crippen LogP contribution in [0.3, 0.4) is 0 Å². The third-order valence-corrected chi connectivity index (χ3v) is 3.42. The van der Waals surface area contributed by atoms with E-state index in [2.05, 4.69) is 15.3 Å². The van der Waals surface area contributed by atoms with Crippen LogP contribution in [0.4, 0.5) is 18.9 Å². The highest BCUT2D eigenvalue weighted by Gasteiger charge is 2.29. The normalized spacial score (nSPS) is 12.2. The van der Waals surface area contributed by atoms with Crippen LogP contribution in [0, 0.1) is 17.0 Å². The van der Waals surface area contributed by atoms with E-state index in [0.717, 1.165) is 17.8 Å². The molecule has 0 aliphatic rings. The Morgan fingerprint density at radius 2 is 2.04 bits per heavy atom. The molecule has 0 fully saturated rings. The van der Waals surface area contributed by atoms with Crippen molar-refractivity contribution in [1.82, 2.24) is 9.55 Å². The Hall–Kier alpha value is -2.91. The lowest BCUT2D eigenvalue weighted by Gasteiger charge is -2.10. The van der Waals surface area contributed by atoms with E-state index in [0.29, 0.717) is 25.2 Å². The summed E-state index contributed by atoms with van der Waals surface area (Å²) in [5.74, 6) is 0.0940. The highest BCUT2D eigenvalue weighted by atomic mass is 19.4. The number of aliphatic imine (C=N–C) groups is 1. The number of nitrogens with one attached hydrogen (secondary N) is 1. The van der Waals surface area contributed by atoms with Gasteiger partial charge in [0.25, 0.3) is 6.54 Å². The maximum atomic E-state index is 12.6. The van der Waals surface area contributed by atoms with Crippen molar-refractivity contribution in [2.45, 2.75) is 26.1 Å². The average molecular weight is 369 g/mol. The lowest BCUT2D eigenvalue weighted by atomic mass is 10.2. The smallest absolute Gasteiger partial charge is 0.339 e. The van der Waals surface area contributed by atoms with Crippen LogP contribution in [-0.2, 0) is 12.7 Å². The van der Waals surface area contributed by atoms with Crippen LogP contribution in [0.2, 0.25) is 0 Å². The van der Waals surface area contributed by atoms with E-state index < -0.39 is 23.2 Å². The van der Waals surface area contributed by atoms with Crippen LogP contribution >= 0.6 is 0 Å². The van der Waals surface area contributed by atoms with Gasteiger partial charge in [-0.15, -0.1) is 0 Å². The molecule has 0 unspecified atom stereocenters. The largest absolute Gasteiger partial charge is 0.416 e. The Labute approximate surface area is 147 Å². The van der Waals surface area contributed by atoms with Crippen molar-refractivity contribution in [3.63, 3.8) is 0 Å². The monoisotopic (exact) mass is 369 g/mol. The fourth-order valence-electron chi connectivity index (χ4n) is 2.22. The first-order valence-electron chi connectivity index (χ1n) is 7.82. The number of amidine groups is 1. The first-order valence-corrected chi connectivity index (χ1v) is 7.82. The minimum atomic E-state index is -4.43. The van der Waals surface area contributed by atoms with Crippen molar-refractivity contribution >= 4 is 11.5 Å². The molecule has 1 heterocycles. The summed E-state index contributed by atoms with van der Waals surface area (Å²) in [7, 11) is 0. The molecule has 0 atom stereocenters. The van der Waals surface area contributed by atoms with Crippen LogP contribution in [0.5, 0.6) is 0 Å². The first-order chi connectivity index (χ1) is 12.2. The predicted molar refractivity (Wildman–Crippen MR) is 90.8 cm³/mol. The van der Waals surface area contributed by atoms with Crippen LogP contribution in [0.15, 0.2) is 41.8 Å². The SMILES string of the molecule is Cc1cn(CCCN=C(C[N+](=O)[O-])Nc2ccc(C(F)(F)F)cc2)cn1. The molecule has 2 rings (SSSR count). The zero-order valence-electron chi connectivity index (χ0n) is 14.0. The number of halogens is 3. The molecule has 0 aliphatic carbocycles. The van der Waals surface area contributed by atoms with Gasteiger partial charge in [0.1, 0.15) is 0 Å². The van der Waals surface area contributed by atoms with Gasteiger partial charge in [0.05, 0.1) is 17.6 Å². The molecule has 2 aromatic rings. The molecule has 0 saturated carbocycles. The lowest BCUT2D eigenvalue weighted by Crippen LogP contribution is -2.23. The van der Waals surface area contributed by atoms with E-state index in [1.54, 1.807) is 6.33 Å². The van der Waals surface area contributed by atoms with Gasteiger partial charge in [0.2, 0.25) is 0 Å². The molecule has 7 nitrogen and oxygen atoms in total. The predicted octanol–water partition coefficient (Wildman–Crippen LogP) is 3.39. The zero-order chi connectivity index (χ0) is 19.2. The van der Waals surface area contributed by atoms with Gasteiger partial charge in [0, 0.05) is 29.9 Å². The van der Waals surface area contributed by atoms with Crippen molar-refractivity contribution in [1.29, 1.82) is 0 Å². The van der Waals surface area contributed by atoms with Crippen molar-refractivity contribution in [2.75, 3.05) is 18.4 Å². The molecule has 0 bridgehead atoms. The number of imidazole rings is 1. The average Bonchev–Trinajstić information content (AvgIpc) is 2.96. The van der Waals surface area contributed by atoms with E-state index in [9.17, 15) is 23.3 Å². The van der Waals surface area contributed by atoms with Gasteiger partial charge in [-0.3, -0.25) is 15.1 Å². The van der Waals surface area contributed by atoms with Gasteiger partial charge in [-0.1, -0.05) is 0 Å². The number of alkyl halides is 3. The third-order valence-electron chi connectivity index (χ3n) is 3.42. The summed E-state index contributed by atoms with van der Waals surface area (Å²) in [6.07, 6.45) is -0.215. The molecule has 0 amide bonds. The Balaban J connectivity index is 1.96. The molecule has 0 saturated heterocycles. The minimum Gasteiger partial charge on any atom is -0.339 e. The number of benzene rings is 1. The van der Waals surface area contributed by atoms with Crippen molar-refractivity contribution in [3.8, 4) is 0 Å². The van der Waals surface area contributed by atoms with E-state index in [1.807, 2.05) is 17.7 Å². The quantitative estimate of drug-likeness (QED) is 0.267. The molecule has 0 spiro atoms. The van der Waals surface area contributed by atoms with Crippen molar-refractivity contribution < 1.29 is 18.1 Å². The molecule has 0 radical (unpaired) electrons. The summed E-state index contributed by atoms with van der Waals surface area (Å²) < 4.78 is 39.6. The van der Waals surface area contributed by atoms with Gasteiger partial charge in [-0.2, -0.15) is 13.2 Å². The number of anilines is 1. The Morgan fingerprint density at radius 1 is 1.35 bits per heavy atom. The Morgan fingerprint density at radius 3 is 2.58 bits per heavy atom. The lowest BCUT2D eigenvalue weighted by molar-refractivity contribution is -0.463. The fourth-order valence-corrected chi connectivity index (χ4v) is 2.22. The van der Waals surface area contributed by atoms with Gasteiger partial charge in [-0.05, 0) is 37.6 Å². The Kier molecular flexibility index (Phi) is 6.31. The highest BCUT2D eigenvalue weighted by molar-refractivity contribution is 5.96. The molecular weight excluding hydrogens is 351 g/mol. The highest BCUT2D eigenvalue weighted by Crippen LogP contribution is 2.29. The summed E-state index contributed by atoms with van der Waals surface area (Å²) in [5.41, 5.74) is 0.418. The molecule has 10 heteroatoms. The number of aromatic nitrogens is 2. The maximum Gasteiger partial charge on any atom is 0.416 e. The van der Waals surface area contributed by atoms with Crippen LogP contribution in [0.1, 0.15) is 17.7 Å². The summed E-state index contributed by atoms with van der Waals surface area (Å²) in [5, 5.41) is 13.5. The van der Waals surface area contributed by atoms with E-state index in [4.69, 9.17) is 0 Å². The van der Waals surface area contributed by atoms with E-state index in [1.165, 1.54) is 12.1 Å². The van der Waals surface area contributed by atoms with E-state index >= 15 is 0 Å². The summed E-state index contributed by atoms with van der Waals surface area (Å²) in [4.78, 5) is 18.5. The number of nitrogens with zero attached hydrogens (tertiary/aromatic N) is 4. The Bertz CT molecular complexity index is 769. The molecule has 0 aliphatic heterocycles. The fraction of sp³-hybridized carbons (Fsp3) is 0.375. The van der Waals surface area contributed by atoms with Crippen molar-refractivity contribution in [3.05, 3.63) is 58.2 Å². The molecule has 140 valence electrons. The number of rotatable bonds is 7. The molecule has 1 aromatic carbocycles. The molecule has 26 heavy (non-hydrogen) atoms. The second-order valence-electron chi connectivity index (χ2n) is 5.63. The van der Waals surface area contributed by atoms with Gasteiger partial charge >= 0.3 is 6.18 Å². The van der Waals surface area contributed by atoms with Gasteiger partial charge < -0.3 is 9.88 Å². The number of nitro groups is 1. The van der Waals surface area contributed by atoms with E-state index in [-0.39, 0.29) is 5.84 Å². The summed E-state index contributed by atoms with van der Waals surface area (Å²) in [6.45, 7) is 2.34. The minimum absolute atomic E-state index is 0.0940. The first kappa shape index (κ1) is 19.4. The standard InChI is InChI=1S/C16H18F3N5O2/c1-12-9-23(11-21-12)8-2-7-20-15(10-24(25)26)22-14-5-3-13(4-6-14)16(17,18)19/h3-6,9,11H,2,7-8,10H2,1H3,(H,20,22).